The highest BCUT2D eigenvalue weighted by Gasteiger charge is 2.07. The third-order valence-electron chi connectivity index (χ3n) is 2.08. The summed E-state index contributed by atoms with van der Waals surface area (Å²) in [7, 11) is 1.42. The number of Topliss-reactive ketones (excluding diaryl/α,β-unsaturated/α-hetero) is 2. The van der Waals surface area contributed by atoms with Crippen molar-refractivity contribution < 1.29 is 18.8 Å². The van der Waals surface area contributed by atoms with Gasteiger partial charge in [-0.1, -0.05) is 12.1 Å². The normalized spacial score (nSPS) is 10.2. The SMILES string of the molecule is COOSc1ccc(C(=O)CCC(C)=O)cc1. The molecule has 0 aliphatic heterocycles. The van der Waals surface area contributed by atoms with Gasteiger partial charge in [0.25, 0.3) is 0 Å². The van der Waals surface area contributed by atoms with Crippen molar-refractivity contribution >= 4 is 23.6 Å². The molecule has 0 N–H and O–H groups in total. The Hall–Kier alpha value is -1.17. The molecule has 0 unspecified atom stereocenters. The van der Waals surface area contributed by atoms with E-state index >= 15 is 0 Å². The zero-order valence-electron chi connectivity index (χ0n) is 9.76. The summed E-state index contributed by atoms with van der Waals surface area (Å²) in [6, 6.07) is 6.96. The summed E-state index contributed by atoms with van der Waals surface area (Å²) in [5.41, 5.74) is 0.605. The third-order valence-corrected chi connectivity index (χ3v) is 2.75. The third kappa shape index (κ3) is 5.12. The Morgan fingerprint density at radius 3 is 2.35 bits per heavy atom. The molecule has 0 bridgehead atoms. The van der Waals surface area contributed by atoms with Crippen molar-refractivity contribution in [3.8, 4) is 0 Å². The first kappa shape index (κ1) is 13.9. The number of rotatable bonds is 7. The molecule has 17 heavy (non-hydrogen) atoms. The number of carbonyl (C=O) groups excluding carboxylic acids is 2. The molecule has 92 valence electrons. The van der Waals surface area contributed by atoms with Crippen LogP contribution in [0.2, 0.25) is 0 Å². The van der Waals surface area contributed by atoms with Crippen molar-refractivity contribution in [1.82, 2.24) is 0 Å². The van der Waals surface area contributed by atoms with Gasteiger partial charge in [0.2, 0.25) is 0 Å². The van der Waals surface area contributed by atoms with Crippen LogP contribution in [0, 0.1) is 0 Å². The first-order valence-electron chi connectivity index (χ1n) is 5.13. The van der Waals surface area contributed by atoms with Gasteiger partial charge >= 0.3 is 0 Å². The first-order chi connectivity index (χ1) is 8.13. The Bertz CT molecular complexity index is 386. The Balaban J connectivity index is 2.54. The van der Waals surface area contributed by atoms with E-state index in [9.17, 15) is 9.59 Å². The second kappa shape index (κ2) is 7.21. The van der Waals surface area contributed by atoms with E-state index < -0.39 is 0 Å². The van der Waals surface area contributed by atoms with E-state index in [1.165, 1.54) is 14.0 Å². The minimum Gasteiger partial charge on any atom is -0.300 e. The van der Waals surface area contributed by atoms with Gasteiger partial charge in [-0.25, -0.2) is 4.89 Å². The summed E-state index contributed by atoms with van der Waals surface area (Å²) in [5.74, 6) is 0.00318. The fourth-order valence-electron chi connectivity index (χ4n) is 1.20. The Kier molecular flexibility index (Phi) is 5.90. The van der Waals surface area contributed by atoms with Crippen LogP contribution in [0.25, 0.3) is 0 Å². The largest absolute Gasteiger partial charge is 0.300 e. The summed E-state index contributed by atoms with van der Waals surface area (Å²) in [6.45, 7) is 1.48. The van der Waals surface area contributed by atoms with Gasteiger partial charge in [0, 0.05) is 23.3 Å². The molecule has 0 atom stereocenters. The molecular formula is C12H14O4S. The van der Waals surface area contributed by atoms with Crippen molar-refractivity contribution in [1.29, 1.82) is 0 Å². The van der Waals surface area contributed by atoms with Gasteiger partial charge in [0.15, 0.2) is 5.78 Å². The maximum Gasteiger partial charge on any atom is 0.163 e. The van der Waals surface area contributed by atoms with Crippen LogP contribution in [0.4, 0.5) is 0 Å². The second-order valence-electron chi connectivity index (χ2n) is 3.47. The molecule has 0 saturated carbocycles. The average molecular weight is 254 g/mol. The smallest absolute Gasteiger partial charge is 0.163 e. The van der Waals surface area contributed by atoms with Crippen LogP contribution in [-0.2, 0) is 14.0 Å². The van der Waals surface area contributed by atoms with Crippen LogP contribution < -0.4 is 0 Å². The van der Waals surface area contributed by atoms with Gasteiger partial charge in [-0.05, 0) is 19.1 Å². The molecule has 0 aliphatic carbocycles. The highest BCUT2D eigenvalue weighted by Crippen LogP contribution is 2.20. The molecule has 0 saturated heterocycles. The van der Waals surface area contributed by atoms with E-state index in [2.05, 4.69) is 9.22 Å². The second-order valence-corrected chi connectivity index (χ2v) is 4.24. The Labute approximate surface area is 104 Å². The van der Waals surface area contributed by atoms with E-state index in [-0.39, 0.29) is 18.0 Å². The fourth-order valence-corrected chi connectivity index (χ4v) is 1.60. The number of hydrogen-bond acceptors (Lipinski definition) is 5. The molecular weight excluding hydrogens is 240 g/mol. The van der Waals surface area contributed by atoms with Crippen molar-refractivity contribution in [2.75, 3.05) is 7.11 Å². The highest BCUT2D eigenvalue weighted by atomic mass is 32.2. The van der Waals surface area contributed by atoms with Gasteiger partial charge < -0.3 is 4.79 Å². The zero-order chi connectivity index (χ0) is 12.7. The van der Waals surface area contributed by atoms with Crippen molar-refractivity contribution in [2.45, 2.75) is 24.7 Å². The number of hydrogen-bond donors (Lipinski definition) is 0. The number of ketones is 2. The summed E-state index contributed by atoms with van der Waals surface area (Å²) < 4.78 is 4.69. The lowest BCUT2D eigenvalue weighted by atomic mass is 10.1. The topological polar surface area (TPSA) is 52.6 Å². The van der Waals surface area contributed by atoms with Gasteiger partial charge in [0.1, 0.15) is 5.78 Å². The monoisotopic (exact) mass is 254 g/mol. The molecule has 0 amide bonds. The van der Waals surface area contributed by atoms with Crippen molar-refractivity contribution in [2.24, 2.45) is 0 Å². The van der Waals surface area contributed by atoms with Crippen LogP contribution in [-0.4, -0.2) is 18.7 Å². The lowest BCUT2D eigenvalue weighted by molar-refractivity contribution is -0.160. The summed E-state index contributed by atoms with van der Waals surface area (Å²) in [6.07, 6.45) is 0.554. The Morgan fingerprint density at radius 1 is 1.18 bits per heavy atom. The summed E-state index contributed by atoms with van der Waals surface area (Å²) in [5, 5.41) is 0. The minimum atomic E-state index is -0.0237. The number of carbonyl (C=O) groups is 2. The van der Waals surface area contributed by atoms with Crippen molar-refractivity contribution in [3.05, 3.63) is 29.8 Å². The maximum atomic E-state index is 11.7. The average Bonchev–Trinajstić information content (AvgIpc) is 2.34. The molecule has 0 fully saturated rings. The Morgan fingerprint density at radius 2 is 1.82 bits per heavy atom. The molecule has 0 aromatic heterocycles. The van der Waals surface area contributed by atoms with Gasteiger partial charge in [0.05, 0.1) is 19.2 Å². The van der Waals surface area contributed by atoms with E-state index in [1.54, 1.807) is 24.3 Å². The molecule has 5 heteroatoms. The van der Waals surface area contributed by atoms with E-state index in [1.807, 2.05) is 0 Å². The van der Waals surface area contributed by atoms with Gasteiger partial charge in [-0.2, -0.15) is 4.33 Å². The van der Waals surface area contributed by atoms with E-state index in [0.29, 0.717) is 12.0 Å². The van der Waals surface area contributed by atoms with Crippen LogP contribution >= 0.6 is 12.0 Å². The number of benzene rings is 1. The summed E-state index contributed by atoms with van der Waals surface area (Å²) in [4.78, 5) is 27.7. The highest BCUT2D eigenvalue weighted by molar-refractivity contribution is 7.94. The molecule has 0 radical (unpaired) electrons. The first-order valence-corrected chi connectivity index (χ1v) is 5.87. The van der Waals surface area contributed by atoms with Crippen LogP contribution in [0.3, 0.4) is 0 Å². The minimum absolute atomic E-state index is 0.0237. The molecule has 4 nitrogen and oxygen atoms in total. The van der Waals surface area contributed by atoms with E-state index in [4.69, 9.17) is 0 Å². The molecule has 1 rings (SSSR count). The van der Waals surface area contributed by atoms with Gasteiger partial charge in [-0.3, -0.25) is 4.79 Å². The van der Waals surface area contributed by atoms with E-state index in [0.717, 1.165) is 16.9 Å². The molecule has 0 heterocycles. The molecule has 0 spiro atoms. The molecule has 0 aliphatic rings. The molecule has 1 aromatic carbocycles. The van der Waals surface area contributed by atoms with Gasteiger partial charge in [-0.15, -0.1) is 0 Å². The summed E-state index contributed by atoms with van der Waals surface area (Å²) >= 11 is 1.07. The predicted molar refractivity (Wildman–Crippen MR) is 64.6 cm³/mol. The zero-order valence-corrected chi connectivity index (χ0v) is 10.6. The fraction of sp³-hybridized carbons (Fsp3) is 0.333. The molecule has 1 aromatic rings. The predicted octanol–water partition coefficient (Wildman–Crippen LogP) is 2.82. The lowest BCUT2D eigenvalue weighted by Gasteiger charge is -2.01. The lowest BCUT2D eigenvalue weighted by Crippen LogP contribution is -2.01. The van der Waals surface area contributed by atoms with Crippen LogP contribution in [0.5, 0.6) is 0 Å². The maximum absolute atomic E-state index is 11.7. The standard InChI is InChI=1S/C12H14O4S/c1-9(13)3-8-12(14)10-4-6-11(7-5-10)17-16-15-2/h4-7H,3,8H2,1-2H3. The quantitative estimate of drug-likeness (QED) is 0.324. The van der Waals surface area contributed by atoms with Crippen LogP contribution in [0.15, 0.2) is 29.2 Å². The van der Waals surface area contributed by atoms with Crippen LogP contribution in [0.1, 0.15) is 30.1 Å². The van der Waals surface area contributed by atoms with Crippen molar-refractivity contribution in [3.63, 3.8) is 0 Å².